The van der Waals surface area contributed by atoms with Gasteiger partial charge in [0.1, 0.15) is 0 Å². The van der Waals surface area contributed by atoms with Gasteiger partial charge in [-0.3, -0.25) is 9.69 Å². The lowest BCUT2D eigenvalue weighted by Crippen LogP contribution is -2.34. The van der Waals surface area contributed by atoms with E-state index in [1.165, 1.54) is 30.4 Å². The number of nitrogens with zero attached hydrogens (tertiary/aromatic N) is 2. The van der Waals surface area contributed by atoms with Crippen LogP contribution in [0.15, 0.2) is 54.6 Å². The van der Waals surface area contributed by atoms with Crippen molar-refractivity contribution in [3.63, 3.8) is 0 Å². The quantitative estimate of drug-likeness (QED) is 0.763. The van der Waals surface area contributed by atoms with Crippen LogP contribution in [-0.2, 0) is 13.0 Å². The van der Waals surface area contributed by atoms with Gasteiger partial charge in [-0.05, 0) is 75.6 Å². The van der Waals surface area contributed by atoms with E-state index in [0.717, 1.165) is 37.7 Å². The lowest BCUT2D eigenvalue weighted by Gasteiger charge is -2.32. The Balaban J connectivity index is 1.42. The molecule has 150 valence electrons. The minimum atomic E-state index is 0.00938. The van der Waals surface area contributed by atoms with Gasteiger partial charge >= 0.3 is 0 Å². The van der Waals surface area contributed by atoms with Crippen LogP contribution in [0.4, 0.5) is 0 Å². The molecule has 1 amide bonds. The summed E-state index contributed by atoms with van der Waals surface area (Å²) in [4.78, 5) is 16.8. The van der Waals surface area contributed by atoms with Crippen LogP contribution in [0.1, 0.15) is 34.3 Å². The van der Waals surface area contributed by atoms with Gasteiger partial charge < -0.3 is 10.2 Å². The first-order valence-corrected chi connectivity index (χ1v) is 10.4. The highest BCUT2D eigenvalue weighted by Gasteiger charge is 2.19. The number of piperidine rings is 1. The molecule has 0 aliphatic carbocycles. The Morgan fingerprint density at radius 3 is 2.32 bits per heavy atom. The molecule has 1 fully saturated rings. The maximum atomic E-state index is 12.2. The Morgan fingerprint density at radius 1 is 1.00 bits per heavy atom. The van der Waals surface area contributed by atoms with Crippen molar-refractivity contribution in [3.05, 3.63) is 71.3 Å². The van der Waals surface area contributed by atoms with Crippen molar-refractivity contribution in [1.82, 2.24) is 15.1 Å². The summed E-state index contributed by atoms with van der Waals surface area (Å²) >= 11 is 0. The third-order valence-corrected chi connectivity index (χ3v) is 5.54. The average Bonchev–Trinajstić information content (AvgIpc) is 2.70. The first-order valence-electron chi connectivity index (χ1n) is 10.4. The maximum Gasteiger partial charge on any atom is 0.251 e. The number of hydrogen-bond donors (Lipinski definition) is 1. The highest BCUT2D eigenvalue weighted by Crippen LogP contribution is 2.23. The molecule has 28 heavy (non-hydrogen) atoms. The van der Waals surface area contributed by atoms with Gasteiger partial charge in [-0.2, -0.15) is 0 Å². The number of carbonyl (C=O) groups is 1. The van der Waals surface area contributed by atoms with Crippen LogP contribution in [0.3, 0.4) is 0 Å². The van der Waals surface area contributed by atoms with E-state index in [1.54, 1.807) is 0 Å². The van der Waals surface area contributed by atoms with Crippen molar-refractivity contribution in [2.45, 2.75) is 25.8 Å². The number of hydrogen-bond acceptors (Lipinski definition) is 3. The molecule has 1 saturated heterocycles. The topological polar surface area (TPSA) is 35.6 Å². The Bertz CT molecular complexity index is 719. The second-order valence-corrected chi connectivity index (χ2v) is 8.17. The van der Waals surface area contributed by atoms with Crippen LogP contribution in [0.5, 0.6) is 0 Å². The third kappa shape index (κ3) is 6.47. The summed E-state index contributed by atoms with van der Waals surface area (Å²) in [5.41, 5.74) is 3.48. The fourth-order valence-corrected chi connectivity index (χ4v) is 3.81. The lowest BCUT2D eigenvalue weighted by atomic mass is 9.90. The molecule has 0 saturated carbocycles. The molecule has 3 rings (SSSR count). The average molecular weight is 380 g/mol. The van der Waals surface area contributed by atoms with E-state index in [-0.39, 0.29) is 5.91 Å². The molecule has 2 aromatic rings. The normalized spacial score (nSPS) is 15.7. The molecule has 4 heteroatoms. The summed E-state index contributed by atoms with van der Waals surface area (Å²) in [6, 6.07) is 18.9. The highest BCUT2D eigenvalue weighted by molar-refractivity contribution is 5.94. The Morgan fingerprint density at radius 2 is 1.68 bits per heavy atom. The summed E-state index contributed by atoms with van der Waals surface area (Å²) in [5, 5.41) is 2.96. The van der Waals surface area contributed by atoms with E-state index < -0.39 is 0 Å². The standard InChI is InChI=1S/C24H33N3O/c1-26(2)17-14-25-24(28)23-10-8-22(9-11-23)19-27-15-12-21(13-16-27)18-20-6-4-3-5-7-20/h3-11,21H,12-19H2,1-2H3,(H,25,28). The second kappa shape index (κ2) is 10.4. The molecule has 0 bridgehead atoms. The molecule has 0 aromatic heterocycles. The smallest absolute Gasteiger partial charge is 0.251 e. The zero-order chi connectivity index (χ0) is 19.8. The van der Waals surface area contributed by atoms with E-state index >= 15 is 0 Å². The van der Waals surface area contributed by atoms with Crippen LogP contribution in [0.25, 0.3) is 0 Å². The molecule has 1 heterocycles. The van der Waals surface area contributed by atoms with Gasteiger partial charge in [0.05, 0.1) is 0 Å². The Hall–Kier alpha value is -2.17. The molecule has 1 N–H and O–H groups in total. The number of likely N-dealkylation sites (N-methyl/N-ethyl adjacent to an activating group) is 1. The van der Waals surface area contributed by atoms with Crippen molar-refractivity contribution < 1.29 is 4.79 Å². The van der Waals surface area contributed by atoms with Gasteiger partial charge in [-0.25, -0.2) is 0 Å². The summed E-state index contributed by atoms with van der Waals surface area (Å²) in [7, 11) is 4.01. The predicted octanol–water partition coefficient (Wildman–Crippen LogP) is 3.43. The van der Waals surface area contributed by atoms with Gasteiger partial charge in [0.25, 0.3) is 5.91 Å². The lowest BCUT2D eigenvalue weighted by molar-refractivity contribution is 0.0951. The van der Waals surface area contributed by atoms with Crippen LogP contribution in [0, 0.1) is 5.92 Å². The zero-order valence-corrected chi connectivity index (χ0v) is 17.2. The minimum absolute atomic E-state index is 0.00938. The SMILES string of the molecule is CN(C)CCNC(=O)c1ccc(CN2CCC(Cc3ccccc3)CC2)cc1. The van der Waals surface area contributed by atoms with E-state index in [2.05, 4.69) is 57.6 Å². The van der Waals surface area contributed by atoms with E-state index in [0.29, 0.717) is 6.54 Å². The van der Waals surface area contributed by atoms with Crippen LogP contribution in [0.2, 0.25) is 0 Å². The molecule has 0 radical (unpaired) electrons. The van der Waals surface area contributed by atoms with Gasteiger partial charge in [-0.15, -0.1) is 0 Å². The second-order valence-electron chi connectivity index (χ2n) is 8.17. The van der Waals surface area contributed by atoms with E-state index in [1.807, 2.05) is 26.2 Å². The predicted molar refractivity (Wildman–Crippen MR) is 115 cm³/mol. The van der Waals surface area contributed by atoms with Gasteiger partial charge in [0, 0.05) is 25.2 Å². The van der Waals surface area contributed by atoms with Crippen molar-refractivity contribution in [3.8, 4) is 0 Å². The molecule has 0 unspecified atom stereocenters. The zero-order valence-electron chi connectivity index (χ0n) is 17.2. The minimum Gasteiger partial charge on any atom is -0.351 e. The molecule has 0 atom stereocenters. The molecular formula is C24H33N3O. The molecule has 4 nitrogen and oxygen atoms in total. The van der Waals surface area contributed by atoms with Crippen LogP contribution < -0.4 is 5.32 Å². The molecule has 1 aliphatic heterocycles. The van der Waals surface area contributed by atoms with Gasteiger partial charge in [-0.1, -0.05) is 42.5 Å². The number of carbonyl (C=O) groups excluding carboxylic acids is 1. The third-order valence-electron chi connectivity index (χ3n) is 5.54. The first-order chi connectivity index (χ1) is 13.6. The monoisotopic (exact) mass is 379 g/mol. The van der Waals surface area contributed by atoms with E-state index in [9.17, 15) is 4.79 Å². The van der Waals surface area contributed by atoms with Crippen molar-refractivity contribution >= 4 is 5.91 Å². The molecule has 0 spiro atoms. The number of rotatable bonds is 8. The number of benzene rings is 2. The van der Waals surface area contributed by atoms with Crippen molar-refractivity contribution in [1.29, 1.82) is 0 Å². The number of amides is 1. The highest BCUT2D eigenvalue weighted by atomic mass is 16.1. The summed E-state index contributed by atoms with van der Waals surface area (Å²) in [6.07, 6.45) is 3.73. The molecular weight excluding hydrogens is 346 g/mol. The van der Waals surface area contributed by atoms with Crippen molar-refractivity contribution in [2.24, 2.45) is 5.92 Å². The Labute approximate surface area is 169 Å². The van der Waals surface area contributed by atoms with Gasteiger partial charge in [0.15, 0.2) is 0 Å². The van der Waals surface area contributed by atoms with Gasteiger partial charge in [0.2, 0.25) is 0 Å². The number of nitrogens with one attached hydrogen (secondary N) is 1. The van der Waals surface area contributed by atoms with E-state index in [4.69, 9.17) is 0 Å². The molecule has 1 aliphatic rings. The fourth-order valence-electron chi connectivity index (χ4n) is 3.81. The summed E-state index contributed by atoms with van der Waals surface area (Å²) in [6.45, 7) is 4.81. The number of likely N-dealkylation sites (tertiary alicyclic amines) is 1. The van der Waals surface area contributed by atoms with Crippen molar-refractivity contribution in [2.75, 3.05) is 40.3 Å². The largest absolute Gasteiger partial charge is 0.351 e. The maximum absolute atomic E-state index is 12.2. The summed E-state index contributed by atoms with van der Waals surface area (Å²) in [5.74, 6) is 0.807. The van der Waals surface area contributed by atoms with Crippen LogP contribution >= 0.6 is 0 Å². The fraction of sp³-hybridized carbons (Fsp3) is 0.458. The summed E-state index contributed by atoms with van der Waals surface area (Å²) < 4.78 is 0. The van der Waals surface area contributed by atoms with Crippen LogP contribution in [-0.4, -0.2) is 56.0 Å². The Kier molecular flexibility index (Phi) is 7.63. The first kappa shape index (κ1) is 20.6. The molecule has 2 aromatic carbocycles.